The van der Waals surface area contributed by atoms with Crippen LogP contribution in [0.25, 0.3) is 16.8 Å². The molecule has 1 aliphatic carbocycles. The Morgan fingerprint density at radius 3 is 2.07 bits per heavy atom. The highest BCUT2D eigenvalue weighted by atomic mass is 15.3. The molecule has 0 bridgehead atoms. The van der Waals surface area contributed by atoms with Gasteiger partial charge < -0.3 is 5.32 Å². The van der Waals surface area contributed by atoms with E-state index in [1.165, 1.54) is 27.8 Å². The molecule has 0 saturated heterocycles. The van der Waals surface area contributed by atoms with Crippen LogP contribution in [0.4, 0.5) is 0 Å². The van der Waals surface area contributed by atoms with Crippen LogP contribution in [-0.4, -0.2) is 14.8 Å². The number of aromatic nitrogens is 3. The van der Waals surface area contributed by atoms with Gasteiger partial charge >= 0.3 is 0 Å². The predicted molar refractivity (Wildman–Crippen MR) is 105 cm³/mol. The maximum absolute atomic E-state index is 4.19. The molecule has 132 valence electrons. The van der Waals surface area contributed by atoms with Gasteiger partial charge in [-0.2, -0.15) is 5.10 Å². The number of quaternary nitrogens is 1. The number of hydrogen-bond donors (Lipinski definition) is 1. The second-order valence-electron chi connectivity index (χ2n) is 7.06. The van der Waals surface area contributed by atoms with Gasteiger partial charge in [0, 0.05) is 16.7 Å². The van der Waals surface area contributed by atoms with Crippen molar-refractivity contribution in [2.45, 2.75) is 19.0 Å². The molecule has 27 heavy (non-hydrogen) atoms. The molecule has 1 aromatic heterocycles. The highest BCUT2D eigenvalue weighted by molar-refractivity contribution is 5.77. The van der Waals surface area contributed by atoms with Crippen LogP contribution in [0.3, 0.4) is 0 Å². The minimum Gasteiger partial charge on any atom is -0.330 e. The Morgan fingerprint density at radius 2 is 1.48 bits per heavy atom. The van der Waals surface area contributed by atoms with Crippen LogP contribution in [0.2, 0.25) is 0 Å². The average Bonchev–Trinajstić information content (AvgIpc) is 3.36. The van der Waals surface area contributed by atoms with E-state index in [4.69, 9.17) is 0 Å². The number of nitrogens with zero attached hydrogens (tertiary/aromatic N) is 3. The first-order chi connectivity index (χ1) is 13.3. The Hall–Kier alpha value is -3.24. The van der Waals surface area contributed by atoms with Crippen molar-refractivity contribution < 1.29 is 5.32 Å². The van der Waals surface area contributed by atoms with Crippen LogP contribution < -0.4 is 5.32 Å². The third kappa shape index (κ3) is 2.75. The molecule has 0 unspecified atom stereocenters. The minimum absolute atomic E-state index is 0.336. The molecule has 1 aliphatic rings. The Balaban J connectivity index is 1.43. The monoisotopic (exact) mass is 353 g/mol. The van der Waals surface area contributed by atoms with Gasteiger partial charge in [0.05, 0.1) is 5.69 Å². The van der Waals surface area contributed by atoms with Gasteiger partial charge in [0.2, 0.25) is 0 Å². The van der Waals surface area contributed by atoms with Crippen molar-refractivity contribution in [2.24, 2.45) is 0 Å². The standard InChI is InChI=1S/C23H20N4/c1-16(17-10-12-18(13-11-17)27-15-24-14-25-27)26-23-21-8-4-2-6-19(21)20-7-3-5-9-22(20)23/h2-16,23,26H,1H3/p+1/t16-/m0/s1. The average molecular weight is 353 g/mol. The van der Waals surface area contributed by atoms with E-state index in [9.17, 15) is 0 Å². The molecule has 0 aliphatic heterocycles. The first-order valence-electron chi connectivity index (χ1n) is 9.29. The summed E-state index contributed by atoms with van der Waals surface area (Å²) in [6.07, 6.45) is 3.27. The lowest BCUT2D eigenvalue weighted by atomic mass is 10.0. The van der Waals surface area contributed by atoms with Crippen molar-refractivity contribution in [1.82, 2.24) is 14.8 Å². The highest BCUT2D eigenvalue weighted by Crippen LogP contribution is 2.41. The predicted octanol–water partition coefficient (Wildman–Crippen LogP) is 3.66. The quantitative estimate of drug-likeness (QED) is 0.609. The van der Waals surface area contributed by atoms with E-state index in [0.717, 1.165) is 5.69 Å². The maximum atomic E-state index is 4.19. The third-order valence-electron chi connectivity index (χ3n) is 5.47. The molecule has 0 fully saturated rings. The lowest BCUT2D eigenvalue weighted by Crippen LogP contribution is -2.85. The molecule has 1 atom stereocenters. The summed E-state index contributed by atoms with van der Waals surface area (Å²) in [7, 11) is 0. The lowest BCUT2D eigenvalue weighted by Gasteiger charge is -2.19. The van der Waals surface area contributed by atoms with E-state index in [1.807, 2.05) is 0 Å². The Bertz CT molecular complexity index is 1020. The zero-order valence-electron chi connectivity index (χ0n) is 15.2. The molecule has 4 heteroatoms. The van der Waals surface area contributed by atoms with Gasteiger partial charge in [-0.1, -0.05) is 60.7 Å². The van der Waals surface area contributed by atoms with E-state index < -0.39 is 0 Å². The number of rotatable bonds is 4. The molecule has 4 aromatic rings. The van der Waals surface area contributed by atoms with Crippen LogP contribution in [-0.2, 0) is 0 Å². The number of nitrogens with two attached hydrogens (primary N) is 1. The molecule has 2 N–H and O–H groups in total. The van der Waals surface area contributed by atoms with Gasteiger partial charge in [-0.25, -0.2) is 9.67 Å². The van der Waals surface area contributed by atoms with Crippen molar-refractivity contribution in [3.63, 3.8) is 0 Å². The minimum atomic E-state index is 0.336. The normalized spacial score (nSPS) is 14.0. The van der Waals surface area contributed by atoms with Gasteiger partial charge in [0.1, 0.15) is 24.7 Å². The SMILES string of the molecule is C[C@H]([NH2+]C1c2ccccc2-c2ccccc21)c1ccc(-n2cncn2)cc1. The highest BCUT2D eigenvalue weighted by Gasteiger charge is 2.32. The molecule has 0 saturated carbocycles. The van der Waals surface area contributed by atoms with Gasteiger partial charge in [-0.3, -0.25) is 0 Å². The van der Waals surface area contributed by atoms with Gasteiger partial charge in [0.25, 0.3) is 0 Å². The van der Waals surface area contributed by atoms with Crippen LogP contribution in [0.1, 0.15) is 35.7 Å². The van der Waals surface area contributed by atoms with Crippen LogP contribution in [0, 0.1) is 0 Å². The number of fused-ring (bicyclic) bond motifs is 3. The summed E-state index contributed by atoms with van der Waals surface area (Å²) in [4.78, 5) is 4.01. The van der Waals surface area contributed by atoms with Crippen molar-refractivity contribution in [1.29, 1.82) is 0 Å². The first kappa shape index (κ1) is 16.0. The fourth-order valence-corrected chi connectivity index (χ4v) is 4.07. The Labute approximate surface area is 158 Å². The van der Waals surface area contributed by atoms with Crippen molar-refractivity contribution >= 4 is 0 Å². The fraction of sp³-hybridized carbons (Fsp3) is 0.130. The van der Waals surface area contributed by atoms with Gasteiger partial charge in [0.15, 0.2) is 0 Å². The molecule has 0 amide bonds. The second kappa shape index (κ2) is 6.49. The molecule has 1 heterocycles. The van der Waals surface area contributed by atoms with E-state index in [-0.39, 0.29) is 0 Å². The van der Waals surface area contributed by atoms with Gasteiger partial charge in [-0.15, -0.1) is 0 Å². The smallest absolute Gasteiger partial charge is 0.139 e. The van der Waals surface area contributed by atoms with Crippen molar-refractivity contribution in [3.05, 3.63) is 102 Å². The van der Waals surface area contributed by atoms with Crippen LogP contribution in [0.5, 0.6) is 0 Å². The summed E-state index contributed by atoms with van der Waals surface area (Å²) in [5, 5.41) is 6.66. The molecule has 4 nitrogen and oxygen atoms in total. The van der Waals surface area contributed by atoms with Crippen molar-refractivity contribution in [2.75, 3.05) is 0 Å². The molecule has 0 radical (unpaired) electrons. The fourth-order valence-electron chi connectivity index (χ4n) is 4.07. The lowest BCUT2D eigenvalue weighted by molar-refractivity contribution is -0.722. The largest absolute Gasteiger partial charge is 0.330 e. The summed E-state index contributed by atoms with van der Waals surface area (Å²) in [5.74, 6) is 0. The zero-order valence-corrected chi connectivity index (χ0v) is 15.2. The van der Waals surface area contributed by atoms with Crippen LogP contribution >= 0.6 is 0 Å². The Morgan fingerprint density at radius 1 is 0.852 bits per heavy atom. The summed E-state index contributed by atoms with van der Waals surface area (Å²) >= 11 is 0. The summed E-state index contributed by atoms with van der Waals surface area (Å²) < 4.78 is 1.78. The number of hydrogen-bond acceptors (Lipinski definition) is 2. The topological polar surface area (TPSA) is 47.3 Å². The van der Waals surface area contributed by atoms with E-state index in [2.05, 4.69) is 95.1 Å². The zero-order chi connectivity index (χ0) is 18.2. The number of benzene rings is 3. The van der Waals surface area contributed by atoms with Crippen LogP contribution in [0.15, 0.2) is 85.5 Å². The molecule has 0 spiro atoms. The van der Waals surface area contributed by atoms with Gasteiger partial charge in [-0.05, 0) is 30.2 Å². The molecular formula is C23H21N4+. The van der Waals surface area contributed by atoms with E-state index >= 15 is 0 Å². The third-order valence-corrected chi connectivity index (χ3v) is 5.47. The summed E-state index contributed by atoms with van der Waals surface area (Å²) in [6, 6.07) is 26.8. The maximum Gasteiger partial charge on any atom is 0.139 e. The molecular weight excluding hydrogens is 332 g/mol. The first-order valence-corrected chi connectivity index (χ1v) is 9.29. The summed E-state index contributed by atoms with van der Waals surface area (Å²) in [6.45, 7) is 2.27. The van der Waals surface area contributed by atoms with Crippen molar-refractivity contribution in [3.8, 4) is 16.8 Å². The summed E-state index contributed by atoms with van der Waals surface area (Å²) in [5.41, 5.74) is 7.88. The second-order valence-corrected chi connectivity index (χ2v) is 7.06. The molecule has 5 rings (SSSR count). The van der Waals surface area contributed by atoms with E-state index in [1.54, 1.807) is 17.3 Å². The van der Waals surface area contributed by atoms with E-state index in [0.29, 0.717) is 12.1 Å². The Kier molecular flexibility index (Phi) is 3.84. The molecule has 3 aromatic carbocycles.